The maximum Gasteiger partial charge on any atom is 0.254 e. The molecule has 1 aromatic rings. The van der Waals surface area contributed by atoms with Gasteiger partial charge in [-0.25, -0.2) is 4.39 Å². The molecule has 1 heterocycles. The zero-order chi connectivity index (χ0) is 13.1. The van der Waals surface area contributed by atoms with Crippen LogP contribution in [0, 0.1) is 12.7 Å². The highest BCUT2D eigenvalue weighted by molar-refractivity contribution is 5.95. The highest BCUT2D eigenvalue weighted by Crippen LogP contribution is 2.15. The molecule has 1 saturated heterocycles. The van der Waals surface area contributed by atoms with E-state index in [9.17, 15) is 9.18 Å². The number of aryl methyl sites for hydroxylation is 1. The molecule has 0 aliphatic carbocycles. The summed E-state index contributed by atoms with van der Waals surface area (Å²) in [6, 6.07) is 4.25. The van der Waals surface area contributed by atoms with Crippen LogP contribution in [-0.2, 0) is 4.74 Å². The number of carbonyl (C=O) groups excluding carboxylic acids is 1. The summed E-state index contributed by atoms with van der Waals surface area (Å²) in [5.41, 5.74) is 6.72. The van der Waals surface area contributed by atoms with Gasteiger partial charge in [0.2, 0.25) is 0 Å². The molecule has 1 aromatic carbocycles. The Kier molecular flexibility index (Phi) is 5.72. The summed E-state index contributed by atoms with van der Waals surface area (Å²) in [7, 11) is 0. The topological polar surface area (TPSA) is 55.6 Å². The molecule has 19 heavy (non-hydrogen) atoms. The lowest BCUT2D eigenvalue weighted by atomic mass is 10.1. The van der Waals surface area contributed by atoms with Crippen LogP contribution in [0.1, 0.15) is 15.9 Å². The first-order valence-electron chi connectivity index (χ1n) is 5.99. The van der Waals surface area contributed by atoms with Crippen molar-refractivity contribution in [1.29, 1.82) is 0 Å². The standard InChI is InChI=1S/C13H17FN2O2.ClH/c1-9-2-3-10(14)6-12(9)13(17)16-4-5-18-11(7-15)8-16;/h2-3,6,11H,4-5,7-8,15H2,1H3;1H. The summed E-state index contributed by atoms with van der Waals surface area (Å²) in [4.78, 5) is 14.0. The predicted molar refractivity (Wildman–Crippen MR) is 73.1 cm³/mol. The molecule has 0 radical (unpaired) electrons. The maximum absolute atomic E-state index is 13.2. The molecule has 4 nitrogen and oxygen atoms in total. The van der Waals surface area contributed by atoms with Crippen LogP contribution in [0.25, 0.3) is 0 Å². The SMILES string of the molecule is Cc1ccc(F)cc1C(=O)N1CCOC(CN)C1.Cl. The van der Waals surface area contributed by atoms with Crippen LogP contribution >= 0.6 is 12.4 Å². The van der Waals surface area contributed by atoms with E-state index >= 15 is 0 Å². The van der Waals surface area contributed by atoms with Crippen LogP contribution in [0.2, 0.25) is 0 Å². The first-order valence-corrected chi connectivity index (χ1v) is 5.99. The van der Waals surface area contributed by atoms with Gasteiger partial charge in [-0.2, -0.15) is 0 Å². The molecule has 6 heteroatoms. The first kappa shape index (κ1) is 15.9. The van der Waals surface area contributed by atoms with Crippen LogP contribution in [0.15, 0.2) is 18.2 Å². The number of hydrogen-bond donors (Lipinski definition) is 1. The maximum atomic E-state index is 13.2. The molecule has 0 bridgehead atoms. The Morgan fingerprint density at radius 1 is 1.58 bits per heavy atom. The summed E-state index contributed by atoms with van der Waals surface area (Å²) >= 11 is 0. The molecule has 1 atom stereocenters. The molecule has 2 rings (SSSR count). The Balaban J connectivity index is 0.00000180. The van der Waals surface area contributed by atoms with E-state index in [1.807, 2.05) is 0 Å². The molecule has 0 spiro atoms. The zero-order valence-electron chi connectivity index (χ0n) is 10.8. The van der Waals surface area contributed by atoms with Gasteiger partial charge in [-0.05, 0) is 24.6 Å². The van der Waals surface area contributed by atoms with E-state index in [2.05, 4.69) is 0 Å². The third-order valence-corrected chi connectivity index (χ3v) is 3.12. The third kappa shape index (κ3) is 3.65. The number of rotatable bonds is 2. The average molecular weight is 289 g/mol. The molecule has 1 unspecified atom stereocenters. The summed E-state index contributed by atoms with van der Waals surface area (Å²) in [5, 5.41) is 0. The number of amides is 1. The van der Waals surface area contributed by atoms with Gasteiger partial charge in [-0.1, -0.05) is 6.07 Å². The minimum absolute atomic E-state index is 0. The van der Waals surface area contributed by atoms with E-state index in [4.69, 9.17) is 10.5 Å². The molecule has 0 aromatic heterocycles. The van der Waals surface area contributed by atoms with Crippen molar-refractivity contribution >= 4 is 18.3 Å². The number of carbonyl (C=O) groups is 1. The van der Waals surface area contributed by atoms with Crippen LogP contribution in [0.3, 0.4) is 0 Å². The quantitative estimate of drug-likeness (QED) is 0.894. The third-order valence-electron chi connectivity index (χ3n) is 3.12. The van der Waals surface area contributed by atoms with Gasteiger partial charge < -0.3 is 15.4 Å². The van der Waals surface area contributed by atoms with E-state index < -0.39 is 5.82 Å². The highest BCUT2D eigenvalue weighted by Gasteiger charge is 2.25. The largest absolute Gasteiger partial charge is 0.373 e. The van der Waals surface area contributed by atoms with Crippen molar-refractivity contribution in [2.45, 2.75) is 13.0 Å². The van der Waals surface area contributed by atoms with Gasteiger partial charge in [0.05, 0.1) is 12.7 Å². The van der Waals surface area contributed by atoms with E-state index in [-0.39, 0.29) is 24.4 Å². The van der Waals surface area contributed by atoms with Crippen LogP contribution in [-0.4, -0.2) is 43.2 Å². The van der Waals surface area contributed by atoms with Gasteiger partial charge in [-0.15, -0.1) is 12.4 Å². The number of hydrogen-bond acceptors (Lipinski definition) is 3. The lowest BCUT2D eigenvalue weighted by Crippen LogP contribution is -2.48. The van der Waals surface area contributed by atoms with Crippen LogP contribution < -0.4 is 5.73 Å². The second kappa shape index (κ2) is 6.84. The fourth-order valence-electron chi connectivity index (χ4n) is 2.04. The van der Waals surface area contributed by atoms with Gasteiger partial charge >= 0.3 is 0 Å². The Labute approximate surface area is 118 Å². The van der Waals surface area contributed by atoms with Gasteiger partial charge in [0.15, 0.2) is 0 Å². The minimum Gasteiger partial charge on any atom is -0.373 e. The Hall–Kier alpha value is -1.17. The van der Waals surface area contributed by atoms with Crippen molar-refractivity contribution < 1.29 is 13.9 Å². The van der Waals surface area contributed by atoms with Gasteiger partial charge in [-0.3, -0.25) is 4.79 Å². The number of ether oxygens (including phenoxy) is 1. The van der Waals surface area contributed by atoms with Gasteiger partial charge in [0.1, 0.15) is 5.82 Å². The number of nitrogens with two attached hydrogens (primary N) is 1. The van der Waals surface area contributed by atoms with E-state index in [0.29, 0.717) is 31.8 Å². The van der Waals surface area contributed by atoms with Crippen LogP contribution in [0.4, 0.5) is 4.39 Å². The van der Waals surface area contributed by atoms with Crippen LogP contribution in [0.5, 0.6) is 0 Å². The second-order valence-electron chi connectivity index (χ2n) is 4.44. The van der Waals surface area contributed by atoms with Crippen molar-refractivity contribution in [2.24, 2.45) is 5.73 Å². The molecule has 1 amide bonds. The van der Waals surface area contributed by atoms with Crippen molar-refractivity contribution in [2.75, 3.05) is 26.2 Å². The molecular formula is C13H18ClFN2O2. The predicted octanol–water partition coefficient (Wildman–Crippen LogP) is 1.36. The lowest BCUT2D eigenvalue weighted by molar-refractivity contribution is -0.0167. The molecule has 0 saturated carbocycles. The summed E-state index contributed by atoms with van der Waals surface area (Å²) < 4.78 is 18.6. The fourth-order valence-corrected chi connectivity index (χ4v) is 2.04. The normalized spacial score (nSPS) is 18.9. The Morgan fingerprint density at radius 2 is 2.32 bits per heavy atom. The molecule has 1 fully saturated rings. The summed E-state index contributed by atoms with van der Waals surface area (Å²) in [5.74, 6) is -0.554. The zero-order valence-corrected chi connectivity index (χ0v) is 11.6. The van der Waals surface area contributed by atoms with Crippen molar-refractivity contribution in [3.8, 4) is 0 Å². The minimum atomic E-state index is -0.396. The van der Waals surface area contributed by atoms with Crippen molar-refractivity contribution in [3.05, 3.63) is 35.1 Å². The lowest BCUT2D eigenvalue weighted by Gasteiger charge is -2.32. The first-order chi connectivity index (χ1) is 8.61. The van der Waals surface area contributed by atoms with Gasteiger partial charge in [0, 0.05) is 25.2 Å². The second-order valence-corrected chi connectivity index (χ2v) is 4.44. The van der Waals surface area contributed by atoms with E-state index in [1.54, 1.807) is 17.9 Å². The van der Waals surface area contributed by atoms with Crippen molar-refractivity contribution in [3.63, 3.8) is 0 Å². The number of morpholine rings is 1. The Bertz CT molecular complexity index is 456. The monoisotopic (exact) mass is 288 g/mol. The highest BCUT2D eigenvalue weighted by atomic mass is 35.5. The summed E-state index contributed by atoms with van der Waals surface area (Å²) in [6.07, 6.45) is -0.128. The fraction of sp³-hybridized carbons (Fsp3) is 0.462. The molecule has 106 valence electrons. The molecule has 1 aliphatic rings. The Morgan fingerprint density at radius 3 is 3.00 bits per heavy atom. The number of nitrogens with zero attached hydrogens (tertiary/aromatic N) is 1. The van der Waals surface area contributed by atoms with Gasteiger partial charge in [0.25, 0.3) is 5.91 Å². The average Bonchev–Trinajstić information content (AvgIpc) is 2.41. The molecule has 1 aliphatic heterocycles. The number of benzene rings is 1. The smallest absolute Gasteiger partial charge is 0.254 e. The van der Waals surface area contributed by atoms with E-state index in [1.165, 1.54) is 12.1 Å². The van der Waals surface area contributed by atoms with E-state index in [0.717, 1.165) is 5.56 Å². The molecule has 2 N–H and O–H groups in total. The van der Waals surface area contributed by atoms with Crippen molar-refractivity contribution in [1.82, 2.24) is 4.90 Å². The number of halogens is 2. The summed E-state index contributed by atoms with van der Waals surface area (Å²) in [6.45, 7) is 3.64. The molecular weight excluding hydrogens is 271 g/mol.